The Morgan fingerprint density at radius 3 is 2.40 bits per heavy atom. The Kier molecular flexibility index (Phi) is 5.56. The summed E-state index contributed by atoms with van der Waals surface area (Å²) in [4.78, 5) is 10.9. The zero-order valence-corrected chi connectivity index (χ0v) is 13.2. The molecule has 0 bridgehead atoms. The molecular weight excluding hydrogens is 276 g/mol. The van der Waals surface area contributed by atoms with Crippen molar-refractivity contribution in [1.82, 2.24) is 5.32 Å². The standard InChI is InChI=1S/C14H22N2O3S/c1-11(2)13-7-5-6-8-14(13)16(20(4,18)19)10-9-15-12(3)17/h5-8,11H,9-10H2,1-4H3,(H,15,17). The average molecular weight is 298 g/mol. The number of amides is 1. The number of sulfonamides is 1. The Balaban J connectivity index is 3.09. The van der Waals surface area contributed by atoms with E-state index in [1.165, 1.54) is 17.5 Å². The van der Waals surface area contributed by atoms with E-state index < -0.39 is 10.0 Å². The minimum atomic E-state index is -3.39. The van der Waals surface area contributed by atoms with Crippen LogP contribution in [-0.4, -0.2) is 33.7 Å². The van der Waals surface area contributed by atoms with E-state index in [2.05, 4.69) is 5.32 Å². The van der Waals surface area contributed by atoms with Crippen LogP contribution in [0.15, 0.2) is 24.3 Å². The highest BCUT2D eigenvalue weighted by molar-refractivity contribution is 7.92. The molecule has 0 spiro atoms. The molecule has 112 valence electrons. The smallest absolute Gasteiger partial charge is 0.232 e. The van der Waals surface area contributed by atoms with Gasteiger partial charge in [-0.25, -0.2) is 8.42 Å². The van der Waals surface area contributed by atoms with Crippen molar-refractivity contribution in [2.75, 3.05) is 23.7 Å². The second-order valence-electron chi connectivity index (χ2n) is 5.03. The first-order valence-electron chi connectivity index (χ1n) is 6.54. The molecule has 0 aliphatic heterocycles. The fourth-order valence-electron chi connectivity index (χ4n) is 2.00. The van der Waals surface area contributed by atoms with Gasteiger partial charge in [-0.05, 0) is 17.5 Å². The number of rotatable bonds is 6. The van der Waals surface area contributed by atoms with Crippen LogP contribution in [0.25, 0.3) is 0 Å². The fraction of sp³-hybridized carbons (Fsp3) is 0.500. The minimum absolute atomic E-state index is 0.171. The molecule has 0 unspecified atom stereocenters. The molecule has 0 radical (unpaired) electrons. The van der Waals surface area contributed by atoms with Gasteiger partial charge in [-0.3, -0.25) is 9.10 Å². The quantitative estimate of drug-likeness (QED) is 0.869. The molecule has 5 nitrogen and oxygen atoms in total. The van der Waals surface area contributed by atoms with Gasteiger partial charge >= 0.3 is 0 Å². The van der Waals surface area contributed by atoms with E-state index in [9.17, 15) is 13.2 Å². The van der Waals surface area contributed by atoms with Gasteiger partial charge in [0.15, 0.2) is 0 Å². The van der Waals surface area contributed by atoms with Gasteiger partial charge < -0.3 is 5.32 Å². The molecule has 0 aliphatic carbocycles. The Hall–Kier alpha value is -1.56. The number of nitrogens with zero attached hydrogens (tertiary/aromatic N) is 1. The first-order chi connectivity index (χ1) is 9.23. The molecule has 20 heavy (non-hydrogen) atoms. The van der Waals surface area contributed by atoms with Gasteiger partial charge in [0.05, 0.1) is 18.5 Å². The molecule has 0 atom stereocenters. The van der Waals surface area contributed by atoms with Crippen LogP contribution in [0.1, 0.15) is 32.3 Å². The molecule has 1 rings (SSSR count). The third-order valence-corrected chi connectivity index (χ3v) is 4.10. The maximum absolute atomic E-state index is 12.0. The summed E-state index contributed by atoms with van der Waals surface area (Å²) in [7, 11) is -3.39. The van der Waals surface area contributed by atoms with Crippen LogP contribution >= 0.6 is 0 Å². The molecule has 0 aliphatic rings. The molecule has 1 aromatic rings. The predicted molar refractivity (Wildman–Crippen MR) is 81.4 cm³/mol. The maximum atomic E-state index is 12.0. The van der Waals surface area contributed by atoms with Gasteiger partial charge in [0, 0.05) is 13.5 Å². The van der Waals surface area contributed by atoms with Crippen molar-refractivity contribution < 1.29 is 13.2 Å². The lowest BCUT2D eigenvalue weighted by Gasteiger charge is -2.26. The Bertz CT molecular complexity index is 568. The van der Waals surface area contributed by atoms with Crippen LogP contribution in [0.2, 0.25) is 0 Å². The summed E-state index contributed by atoms with van der Waals surface area (Å²) < 4.78 is 25.3. The van der Waals surface area contributed by atoms with Crippen molar-refractivity contribution in [3.05, 3.63) is 29.8 Å². The molecule has 0 aromatic heterocycles. The summed E-state index contributed by atoms with van der Waals surface area (Å²) in [5, 5.41) is 2.62. The Morgan fingerprint density at radius 2 is 1.90 bits per heavy atom. The number of hydrogen-bond donors (Lipinski definition) is 1. The van der Waals surface area contributed by atoms with Crippen molar-refractivity contribution in [3.63, 3.8) is 0 Å². The summed E-state index contributed by atoms with van der Waals surface area (Å²) in [5.74, 6) is 0.0480. The third-order valence-electron chi connectivity index (χ3n) is 2.92. The van der Waals surface area contributed by atoms with Gasteiger partial charge in [0.2, 0.25) is 15.9 Å². The van der Waals surface area contributed by atoms with Crippen LogP contribution in [0.5, 0.6) is 0 Å². The third kappa shape index (κ3) is 4.52. The highest BCUT2D eigenvalue weighted by Gasteiger charge is 2.20. The molecule has 1 N–H and O–H groups in total. The van der Waals surface area contributed by atoms with Crippen LogP contribution in [0.3, 0.4) is 0 Å². The Morgan fingerprint density at radius 1 is 1.30 bits per heavy atom. The number of anilines is 1. The summed E-state index contributed by atoms with van der Waals surface area (Å²) in [6, 6.07) is 7.44. The minimum Gasteiger partial charge on any atom is -0.355 e. The second-order valence-corrected chi connectivity index (χ2v) is 6.94. The van der Waals surface area contributed by atoms with Crippen molar-refractivity contribution in [1.29, 1.82) is 0 Å². The molecule has 6 heteroatoms. The normalized spacial score (nSPS) is 11.4. The lowest BCUT2D eigenvalue weighted by atomic mass is 10.0. The van der Waals surface area contributed by atoms with E-state index in [4.69, 9.17) is 0 Å². The van der Waals surface area contributed by atoms with E-state index in [1.54, 1.807) is 6.07 Å². The van der Waals surface area contributed by atoms with Crippen molar-refractivity contribution in [2.24, 2.45) is 0 Å². The number of benzene rings is 1. The zero-order valence-electron chi connectivity index (χ0n) is 12.4. The van der Waals surface area contributed by atoms with E-state index in [-0.39, 0.29) is 24.9 Å². The maximum Gasteiger partial charge on any atom is 0.232 e. The predicted octanol–water partition coefficient (Wildman–Crippen LogP) is 1.71. The van der Waals surface area contributed by atoms with Crippen molar-refractivity contribution in [3.8, 4) is 0 Å². The number of nitrogens with one attached hydrogen (secondary N) is 1. The first-order valence-corrected chi connectivity index (χ1v) is 8.39. The molecule has 0 saturated carbocycles. The molecular formula is C14H22N2O3S. The second kappa shape index (κ2) is 6.74. The number of carbonyl (C=O) groups is 1. The molecule has 1 amide bonds. The van der Waals surface area contributed by atoms with E-state index in [0.29, 0.717) is 5.69 Å². The summed E-state index contributed by atoms with van der Waals surface area (Å²) in [6.45, 7) is 5.96. The lowest BCUT2D eigenvalue weighted by Crippen LogP contribution is -2.38. The van der Waals surface area contributed by atoms with E-state index in [0.717, 1.165) is 5.56 Å². The average Bonchev–Trinajstić information content (AvgIpc) is 2.32. The molecule has 0 saturated heterocycles. The number of carbonyl (C=O) groups excluding carboxylic acids is 1. The van der Waals surface area contributed by atoms with Crippen LogP contribution < -0.4 is 9.62 Å². The SMILES string of the molecule is CC(=O)NCCN(c1ccccc1C(C)C)S(C)(=O)=O. The van der Waals surface area contributed by atoms with Crippen LogP contribution in [-0.2, 0) is 14.8 Å². The Labute approximate surface area is 121 Å². The van der Waals surface area contributed by atoms with Gasteiger partial charge in [-0.2, -0.15) is 0 Å². The number of hydrogen-bond acceptors (Lipinski definition) is 3. The summed E-state index contributed by atoms with van der Waals surface area (Å²) in [6.07, 6.45) is 1.18. The highest BCUT2D eigenvalue weighted by Crippen LogP contribution is 2.28. The van der Waals surface area contributed by atoms with Crippen molar-refractivity contribution in [2.45, 2.75) is 26.7 Å². The van der Waals surface area contributed by atoms with E-state index in [1.807, 2.05) is 32.0 Å². The summed E-state index contributed by atoms with van der Waals surface area (Å²) >= 11 is 0. The lowest BCUT2D eigenvalue weighted by molar-refractivity contribution is -0.118. The van der Waals surface area contributed by atoms with Gasteiger partial charge in [0.25, 0.3) is 0 Å². The van der Waals surface area contributed by atoms with Gasteiger partial charge in [-0.1, -0.05) is 32.0 Å². The topological polar surface area (TPSA) is 66.5 Å². The van der Waals surface area contributed by atoms with Crippen molar-refractivity contribution >= 4 is 21.6 Å². The largest absolute Gasteiger partial charge is 0.355 e. The van der Waals surface area contributed by atoms with Gasteiger partial charge in [0.1, 0.15) is 0 Å². The first kappa shape index (κ1) is 16.5. The highest BCUT2D eigenvalue weighted by atomic mass is 32.2. The summed E-state index contributed by atoms with van der Waals surface area (Å²) in [5.41, 5.74) is 1.65. The van der Waals surface area contributed by atoms with Gasteiger partial charge in [-0.15, -0.1) is 0 Å². The fourth-order valence-corrected chi connectivity index (χ4v) is 2.95. The zero-order chi connectivity index (χ0) is 15.3. The molecule has 0 heterocycles. The monoisotopic (exact) mass is 298 g/mol. The molecule has 0 fully saturated rings. The molecule has 1 aromatic carbocycles. The van der Waals surface area contributed by atoms with E-state index >= 15 is 0 Å². The number of para-hydroxylation sites is 1. The van der Waals surface area contributed by atoms with Crippen LogP contribution in [0.4, 0.5) is 5.69 Å². The van der Waals surface area contributed by atoms with Crippen LogP contribution in [0, 0.1) is 0 Å².